The molecule has 0 aliphatic carbocycles. The second-order valence-electron chi connectivity index (χ2n) is 4.98. The maximum atomic E-state index is 12.2. The fourth-order valence-electron chi connectivity index (χ4n) is 1.77. The smallest absolute Gasteiger partial charge is 0.257 e. The summed E-state index contributed by atoms with van der Waals surface area (Å²) in [7, 11) is -1.75. The van der Waals surface area contributed by atoms with Crippen LogP contribution in [0.1, 0.15) is 24.2 Å². The number of hydrogen-bond acceptors (Lipinski definition) is 4. The number of rotatable bonds is 3. The third-order valence-electron chi connectivity index (χ3n) is 3.12. The molecule has 7 heteroatoms. The maximum absolute atomic E-state index is 12.2. The number of benzene rings is 1. The van der Waals surface area contributed by atoms with Crippen molar-refractivity contribution in [2.24, 2.45) is 0 Å². The van der Waals surface area contributed by atoms with Crippen molar-refractivity contribution in [3.8, 4) is 5.75 Å². The van der Waals surface area contributed by atoms with E-state index >= 15 is 0 Å². The van der Waals surface area contributed by atoms with Crippen LogP contribution < -0.4 is 9.46 Å². The number of sulfonamides is 1. The molecular weight excluding hydrogens is 280 g/mol. The molecule has 0 unspecified atom stereocenters. The van der Waals surface area contributed by atoms with Crippen molar-refractivity contribution in [3.05, 3.63) is 23.8 Å². The predicted molar refractivity (Wildman–Crippen MR) is 76.6 cm³/mol. The van der Waals surface area contributed by atoms with E-state index in [1.807, 2.05) is 0 Å². The number of carbonyl (C=O) groups is 1. The van der Waals surface area contributed by atoms with Crippen LogP contribution in [-0.2, 0) is 10.0 Å². The molecule has 1 heterocycles. The molecule has 0 radical (unpaired) electrons. The Morgan fingerprint density at radius 1 is 1.35 bits per heavy atom. The predicted octanol–water partition coefficient (Wildman–Crippen LogP) is 1.30. The summed E-state index contributed by atoms with van der Waals surface area (Å²) in [5.41, 5.74) is 0.735. The van der Waals surface area contributed by atoms with Crippen LogP contribution in [0.4, 0.5) is 5.69 Å². The Morgan fingerprint density at radius 3 is 2.70 bits per heavy atom. The van der Waals surface area contributed by atoms with Crippen LogP contribution in [0.25, 0.3) is 0 Å². The Hall–Kier alpha value is -1.76. The monoisotopic (exact) mass is 298 g/mol. The van der Waals surface area contributed by atoms with Crippen LogP contribution in [-0.4, -0.2) is 44.7 Å². The lowest BCUT2D eigenvalue weighted by molar-refractivity contribution is 0.0797. The van der Waals surface area contributed by atoms with Crippen molar-refractivity contribution in [2.45, 2.75) is 19.1 Å². The summed E-state index contributed by atoms with van der Waals surface area (Å²) in [6.45, 7) is 4.11. The van der Waals surface area contributed by atoms with Crippen molar-refractivity contribution in [1.82, 2.24) is 4.90 Å². The van der Waals surface area contributed by atoms with Crippen molar-refractivity contribution < 1.29 is 17.9 Å². The van der Waals surface area contributed by atoms with E-state index in [1.54, 1.807) is 37.9 Å². The zero-order valence-electron chi connectivity index (χ0n) is 11.7. The van der Waals surface area contributed by atoms with E-state index in [0.717, 1.165) is 0 Å². The Morgan fingerprint density at radius 2 is 2.05 bits per heavy atom. The zero-order valence-corrected chi connectivity index (χ0v) is 12.5. The van der Waals surface area contributed by atoms with Gasteiger partial charge in [-0.15, -0.1) is 0 Å². The largest absolute Gasteiger partial charge is 0.491 e. The third-order valence-corrected chi connectivity index (χ3v) is 4.88. The first-order chi connectivity index (χ1) is 9.31. The highest BCUT2D eigenvalue weighted by molar-refractivity contribution is 7.93. The van der Waals surface area contributed by atoms with Gasteiger partial charge >= 0.3 is 0 Å². The van der Waals surface area contributed by atoms with Crippen molar-refractivity contribution in [1.29, 1.82) is 0 Å². The molecule has 1 N–H and O–H groups in total. The lowest BCUT2D eigenvalue weighted by Crippen LogP contribution is -2.28. The number of nitrogens with one attached hydrogen (secondary N) is 1. The molecule has 20 heavy (non-hydrogen) atoms. The summed E-state index contributed by atoms with van der Waals surface area (Å²) in [4.78, 5) is 13.7. The number of nitrogens with zero attached hydrogens (tertiary/aromatic N) is 1. The minimum absolute atomic E-state index is 0.178. The second kappa shape index (κ2) is 5.32. The molecule has 1 aliphatic rings. The van der Waals surface area contributed by atoms with Crippen LogP contribution >= 0.6 is 0 Å². The minimum Gasteiger partial charge on any atom is -0.491 e. The van der Waals surface area contributed by atoms with Gasteiger partial charge in [-0.1, -0.05) is 0 Å². The number of likely N-dealkylation sites (N-methyl/N-ethyl adjacent to an activating group) is 1. The van der Waals surface area contributed by atoms with Crippen molar-refractivity contribution in [2.75, 3.05) is 24.9 Å². The molecule has 1 aromatic carbocycles. The summed E-state index contributed by atoms with van der Waals surface area (Å²) in [6, 6.07) is 4.72. The fourth-order valence-corrected chi connectivity index (χ4v) is 2.46. The minimum atomic E-state index is -3.43. The molecule has 0 bridgehead atoms. The number of ether oxygens (including phenoxy) is 1. The van der Waals surface area contributed by atoms with Crippen LogP contribution in [0.15, 0.2) is 18.2 Å². The van der Waals surface area contributed by atoms with Gasteiger partial charge in [0, 0.05) is 12.7 Å². The molecule has 0 atom stereocenters. The van der Waals surface area contributed by atoms with E-state index in [9.17, 15) is 13.2 Å². The highest BCUT2D eigenvalue weighted by Crippen LogP contribution is 2.26. The molecule has 0 spiro atoms. The summed E-state index contributed by atoms with van der Waals surface area (Å²) >= 11 is 0. The molecule has 0 fully saturated rings. The van der Waals surface area contributed by atoms with Crippen LogP contribution in [0, 0.1) is 0 Å². The standard InChI is InChI=1S/C13H18N2O4S/c1-9(2)20(17,18)14-10-4-5-12-11(8-10)13(16)15(3)6-7-19-12/h4-5,8-9,14H,6-7H2,1-3H3. The molecule has 6 nitrogen and oxygen atoms in total. The number of hydrogen-bond donors (Lipinski definition) is 1. The van der Waals surface area contributed by atoms with Crippen molar-refractivity contribution in [3.63, 3.8) is 0 Å². The van der Waals surface area contributed by atoms with Crippen LogP contribution in [0.2, 0.25) is 0 Å². The average molecular weight is 298 g/mol. The Kier molecular flexibility index (Phi) is 3.89. The average Bonchev–Trinajstić information content (AvgIpc) is 2.50. The molecule has 1 aliphatic heterocycles. The number of anilines is 1. The Bertz CT molecular complexity index is 625. The lowest BCUT2D eigenvalue weighted by atomic mass is 10.1. The third kappa shape index (κ3) is 2.87. The van der Waals surface area contributed by atoms with Crippen molar-refractivity contribution >= 4 is 21.6 Å². The van der Waals surface area contributed by atoms with Gasteiger partial charge in [-0.2, -0.15) is 0 Å². The van der Waals surface area contributed by atoms with Gasteiger partial charge in [0.05, 0.1) is 17.4 Å². The molecule has 0 saturated heterocycles. The van der Waals surface area contributed by atoms with Gasteiger partial charge < -0.3 is 9.64 Å². The van der Waals surface area contributed by atoms with E-state index in [4.69, 9.17) is 4.74 Å². The molecule has 0 saturated carbocycles. The van der Waals surface area contributed by atoms with Gasteiger partial charge in [-0.3, -0.25) is 9.52 Å². The summed E-state index contributed by atoms with van der Waals surface area (Å²) in [5, 5.41) is -0.545. The quantitative estimate of drug-likeness (QED) is 0.912. The number of fused-ring (bicyclic) bond motifs is 1. The molecule has 1 amide bonds. The van der Waals surface area contributed by atoms with Gasteiger partial charge in [0.1, 0.15) is 12.4 Å². The van der Waals surface area contributed by atoms with Gasteiger partial charge in [-0.25, -0.2) is 8.42 Å². The van der Waals surface area contributed by atoms with Gasteiger partial charge in [0.2, 0.25) is 10.0 Å². The Balaban J connectivity index is 2.36. The molecule has 2 rings (SSSR count). The number of amides is 1. The Labute approximate surface area is 118 Å². The van der Waals surface area contributed by atoms with E-state index in [0.29, 0.717) is 30.2 Å². The van der Waals surface area contributed by atoms with E-state index < -0.39 is 15.3 Å². The maximum Gasteiger partial charge on any atom is 0.257 e. The summed E-state index contributed by atoms with van der Waals surface area (Å²) < 4.78 is 31.6. The second-order valence-corrected chi connectivity index (χ2v) is 7.22. The van der Waals surface area contributed by atoms with Crippen LogP contribution in [0.5, 0.6) is 5.75 Å². The van der Waals surface area contributed by atoms with Crippen LogP contribution in [0.3, 0.4) is 0 Å². The van der Waals surface area contributed by atoms with E-state index in [2.05, 4.69) is 4.72 Å². The highest BCUT2D eigenvalue weighted by atomic mass is 32.2. The lowest BCUT2D eigenvalue weighted by Gasteiger charge is -2.14. The SMILES string of the molecule is CC(C)S(=O)(=O)Nc1ccc2c(c1)C(=O)N(C)CCO2. The molecule has 0 aromatic heterocycles. The summed E-state index contributed by atoms with van der Waals surface area (Å²) in [6.07, 6.45) is 0. The molecular formula is C13H18N2O4S. The van der Waals surface area contributed by atoms with Gasteiger partial charge in [0.25, 0.3) is 5.91 Å². The fraction of sp³-hybridized carbons (Fsp3) is 0.462. The topological polar surface area (TPSA) is 75.7 Å². The van der Waals surface area contributed by atoms with Gasteiger partial charge in [0.15, 0.2) is 0 Å². The molecule has 1 aromatic rings. The first-order valence-corrected chi connectivity index (χ1v) is 7.90. The van der Waals surface area contributed by atoms with E-state index in [-0.39, 0.29) is 5.91 Å². The van der Waals surface area contributed by atoms with Gasteiger partial charge in [-0.05, 0) is 32.0 Å². The van der Waals surface area contributed by atoms with E-state index in [1.165, 1.54) is 6.07 Å². The normalized spacial score (nSPS) is 15.6. The first kappa shape index (κ1) is 14.6. The first-order valence-electron chi connectivity index (χ1n) is 6.35. The molecule has 110 valence electrons. The highest BCUT2D eigenvalue weighted by Gasteiger charge is 2.22. The number of carbonyl (C=O) groups excluding carboxylic acids is 1. The summed E-state index contributed by atoms with van der Waals surface area (Å²) in [5.74, 6) is 0.301. The zero-order chi connectivity index (χ0) is 14.9.